The Bertz CT molecular complexity index is 881. The highest BCUT2D eigenvalue weighted by molar-refractivity contribution is 5.76. The highest BCUT2D eigenvalue weighted by Crippen LogP contribution is 2.27. The van der Waals surface area contributed by atoms with Gasteiger partial charge in [0.25, 0.3) is 5.56 Å². The van der Waals surface area contributed by atoms with E-state index in [0.717, 1.165) is 0 Å². The first kappa shape index (κ1) is 12.8. The molecule has 6 nitrogen and oxygen atoms in total. The van der Waals surface area contributed by atoms with Crippen LogP contribution in [0.3, 0.4) is 0 Å². The number of rotatable bonds is 2. The van der Waals surface area contributed by atoms with Crippen LogP contribution in [0, 0.1) is 5.92 Å². The Morgan fingerprint density at radius 1 is 1.36 bits per heavy atom. The lowest BCUT2D eigenvalue weighted by Gasteiger charge is -2.25. The molecule has 110 valence electrons. The van der Waals surface area contributed by atoms with Crippen LogP contribution >= 0.6 is 0 Å². The van der Waals surface area contributed by atoms with Gasteiger partial charge in [-0.1, -0.05) is 12.2 Å². The van der Waals surface area contributed by atoms with Crippen LogP contribution in [0.25, 0.3) is 10.9 Å². The molecule has 2 aliphatic rings. The normalized spacial score (nSPS) is 22.8. The summed E-state index contributed by atoms with van der Waals surface area (Å²) in [6.07, 6.45) is 13.3. The minimum atomic E-state index is -0.236. The van der Waals surface area contributed by atoms with Gasteiger partial charge >= 0.3 is 6.01 Å². The number of likely N-dealkylation sites (N-methyl/N-ethyl adjacent to an activating group) is 1. The van der Waals surface area contributed by atoms with Gasteiger partial charge in [0.1, 0.15) is 5.76 Å². The molecular weight excluding hydrogens is 280 g/mol. The van der Waals surface area contributed by atoms with Gasteiger partial charge in [-0.3, -0.25) is 14.8 Å². The minimum Gasteiger partial charge on any atom is -0.426 e. The van der Waals surface area contributed by atoms with Crippen LogP contribution in [0.2, 0.25) is 0 Å². The van der Waals surface area contributed by atoms with Crippen molar-refractivity contribution in [3.05, 3.63) is 65.1 Å². The SMILES string of the molecule is CN1C=CC2C=CC(Oc3nc4cnccc4c(=O)[nH]3)=CC21. The molecule has 2 atom stereocenters. The van der Waals surface area contributed by atoms with Crippen LogP contribution in [0.15, 0.2) is 59.5 Å². The van der Waals surface area contributed by atoms with Crippen LogP contribution in [0.4, 0.5) is 0 Å². The fourth-order valence-corrected chi connectivity index (χ4v) is 2.75. The van der Waals surface area contributed by atoms with Crippen molar-refractivity contribution in [1.82, 2.24) is 19.9 Å². The van der Waals surface area contributed by atoms with Gasteiger partial charge in [-0.25, -0.2) is 0 Å². The molecule has 22 heavy (non-hydrogen) atoms. The lowest BCUT2D eigenvalue weighted by Crippen LogP contribution is -2.28. The van der Waals surface area contributed by atoms with Crippen molar-refractivity contribution in [2.24, 2.45) is 5.92 Å². The second-order valence-corrected chi connectivity index (χ2v) is 5.37. The van der Waals surface area contributed by atoms with Crippen LogP contribution in [0.5, 0.6) is 6.01 Å². The van der Waals surface area contributed by atoms with Gasteiger partial charge in [-0.15, -0.1) is 0 Å². The van der Waals surface area contributed by atoms with E-state index in [1.807, 2.05) is 19.2 Å². The summed E-state index contributed by atoms with van der Waals surface area (Å²) in [5.41, 5.74) is 0.277. The van der Waals surface area contributed by atoms with E-state index in [9.17, 15) is 4.79 Å². The van der Waals surface area contributed by atoms with Gasteiger partial charge < -0.3 is 9.64 Å². The third-order valence-corrected chi connectivity index (χ3v) is 3.93. The summed E-state index contributed by atoms with van der Waals surface area (Å²) >= 11 is 0. The van der Waals surface area contributed by atoms with Crippen LogP contribution in [-0.2, 0) is 0 Å². The fraction of sp³-hybridized carbons (Fsp3) is 0.188. The summed E-state index contributed by atoms with van der Waals surface area (Å²) in [6, 6.07) is 2.05. The number of H-pyrrole nitrogens is 1. The monoisotopic (exact) mass is 294 g/mol. The second-order valence-electron chi connectivity index (χ2n) is 5.37. The largest absolute Gasteiger partial charge is 0.426 e. The van der Waals surface area contributed by atoms with E-state index in [-0.39, 0.29) is 17.6 Å². The van der Waals surface area contributed by atoms with Crippen LogP contribution < -0.4 is 10.3 Å². The number of allylic oxidation sites excluding steroid dienone is 1. The van der Waals surface area contributed by atoms with Gasteiger partial charge in [0.15, 0.2) is 0 Å². The molecule has 1 aliphatic carbocycles. The minimum absolute atomic E-state index is 0.174. The molecule has 2 aromatic heterocycles. The summed E-state index contributed by atoms with van der Waals surface area (Å²) in [5, 5.41) is 0.496. The van der Waals surface area contributed by atoms with Crippen molar-refractivity contribution in [2.75, 3.05) is 7.05 Å². The summed E-state index contributed by atoms with van der Waals surface area (Å²) in [4.78, 5) is 25.1. The number of hydrogen-bond donors (Lipinski definition) is 1. The first-order chi connectivity index (χ1) is 10.7. The highest BCUT2D eigenvalue weighted by atomic mass is 16.5. The number of pyridine rings is 1. The molecule has 4 rings (SSSR count). The Hall–Kier alpha value is -2.89. The summed E-state index contributed by atoms with van der Waals surface area (Å²) in [7, 11) is 2.02. The zero-order valence-electron chi connectivity index (χ0n) is 11.9. The van der Waals surface area contributed by atoms with Gasteiger partial charge in [0.05, 0.1) is 23.1 Å². The maximum absolute atomic E-state index is 12.0. The maximum atomic E-state index is 12.0. The van der Waals surface area contributed by atoms with Crippen LogP contribution in [0.1, 0.15) is 0 Å². The quantitative estimate of drug-likeness (QED) is 0.911. The molecule has 1 aliphatic heterocycles. The first-order valence-electron chi connectivity index (χ1n) is 7.03. The molecule has 0 aromatic carbocycles. The van der Waals surface area contributed by atoms with Gasteiger partial charge in [0, 0.05) is 19.2 Å². The van der Waals surface area contributed by atoms with E-state index in [1.165, 1.54) is 0 Å². The number of fused-ring (bicyclic) bond motifs is 2. The number of aromatic nitrogens is 3. The zero-order valence-corrected chi connectivity index (χ0v) is 11.9. The molecular formula is C16H14N4O2. The van der Waals surface area contributed by atoms with Gasteiger partial charge in [-0.2, -0.15) is 4.98 Å². The predicted molar refractivity (Wildman–Crippen MR) is 82.2 cm³/mol. The number of nitrogens with zero attached hydrogens (tertiary/aromatic N) is 3. The zero-order chi connectivity index (χ0) is 15.1. The first-order valence-corrected chi connectivity index (χ1v) is 7.03. The van der Waals surface area contributed by atoms with Gasteiger partial charge in [0.2, 0.25) is 0 Å². The van der Waals surface area contributed by atoms with Crippen molar-refractivity contribution in [1.29, 1.82) is 0 Å². The Morgan fingerprint density at radius 2 is 2.27 bits per heavy atom. The smallest absolute Gasteiger partial charge is 0.302 e. The topological polar surface area (TPSA) is 71.1 Å². The molecule has 0 saturated carbocycles. The van der Waals surface area contributed by atoms with Crippen molar-refractivity contribution in [3.63, 3.8) is 0 Å². The Kier molecular flexibility index (Phi) is 2.82. The van der Waals surface area contributed by atoms with Crippen molar-refractivity contribution in [2.45, 2.75) is 6.04 Å². The molecule has 6 heteroatoms. The lowest BCUT2D eigenvalue weighted by atomic mass is 9.96. The summed E-state index contributed by atoms with van der Waals surface area (Å²) in [5.74, 6) is 1.04. The molecule has 0 bridgehead atoms. The van der Waals surface area contributed by atoms with Gasteiger partial charge in [-0.05, 0) is 24.4 Å². The van der Waals surface area contributed by atoms with E-state index in [2.05, 4.69) is 38.2 Å². The number of hydrogen-bond acceptors (Lipinski definition) is 5. The molecule has 2 unspecified atom stereocenters. The molecule has 0 fully saturated rings. The van der Waals surface area contributed by atoms with Crippen molar-refractivity contribution < 1.29 is 4.74 Å². The Morgan fingerprint density at radius 3 is 3.18 bits per heavy atom. The second kappa shape index (κ2) is 4.84. The van der Waals surface area contributed by atoms with E-state index in [4.69, 9.17) is 4.74 Å². The third-order valence-electron chi connectivity index (χ3n) is 3.93. The number of nitrogens with one attached hydrogen (secondary N) is 1. The number of aromatic amines is 1. The molecule has 3 heterocycles. The molecule has 0 spiro atoms. The Labute approximate surface area is 126 Å². The molecule has 0 amide bonds. The van der Waals surface area contributed by atoms with E-state index in [1.54, 1.807) is 18.5 Å². The molecule has 1 N–H and O–H groups in total. The fourth-order valence-electron chi connectivity index (χ4n) is 2.75. The average Bonchev–Trinajstić information content (AvgIpc) is 2.89. The summed E-state index contributed by atoms with van der Waals surface area (Å²) in [6.45, 7) is 0. The van der Waals surface area contributed by atoms with Crippen molar-refractivity contribution >= 4 is 10.9 Å². The predicted octanol–water partition coefficient (Wildman–Crippen LogP) is 1.59. The Balaban J connectivity index is 1.66. The van der Waals surface area contributed by atoms with E-state index in [0.29, 0.717) is 22.6 Å². The average molecular weight is 294 g/mol. The van der Waals surface area contributed by atoms with Crippen LogP contribution in [-0.4, -0.2) is 32.9 Å². The van der Waals surface area contributed by atoms with E-state index >= 15 is 0 Å². The lowest BCUT2D eigenvalue weighted by molar-refractivity contribution is 0.349. The molecule has 0 radical (unpaired) electrons. The van der Waals surface area contributed by atoms with Crippen molar-refractivity contribution in [3.8, 4) is 6.01 Å². The highest BCUT2D eigenvalue weighted by Gasteiger charge is 2.26. The molecule has 0 saturated heterocycles. The van der Waals surface area contributed by atoms with E-state index < -0.39 is 0 Å². The summed E-state index contributed by atoms with van der Waals surface area (Å²) < 4.78 is 5.73. The maximum Gasteiger partial charge on any atom is 0.302 e. The molecule has 2 aromatic rings. The number of ether oxygens (including phenoxy) is 1. The standard InChI is InChI=1S/C16H14N4O2/c1-20-7-5-10-2-3-11(8-14(10)20)22-16-18-13-9-17-6-4-12(13)15(21)19-16/h2-10,14H,1H3,(H,18,19,21). The third kappa shape index (κ3) is 2.09.